The van der Waals surface area contributed by atoms with Crippen molar-refractivity contribution in [1.82, 2.24) is 0 Å². The normalized spacial score (nSPS) is 32.8. The summed E-state index contributed by atoms with van der Waals surface area (Å²) in [4.78, 5) is 0. The van der Waals surface area contributed by atoms with Crippen LogP contribution in [-0.2, 0) is 14.3 Å². The molecule has 1 aliphatic rings. The summed E-state index contributed by atoms with van der Waals surface area (Å²) in [5.74, 6) is 0.443. The van der Waals surface area contributed by atoms with Gasteiger partial charge in [0.05, 0.1) is 12.4 Å². The van der Waals surface area contributed by atoms with Crippen molar-refractivity contribution in [2.75, 3.05) is 12.4 Å². The van der Waals surface area contributed by atoms with E-state index in [0.717, 1.165) is 6.42 Å². The van der Waals surface area contributed by atoms with Crippen LogP contribution in [0, 0.1) is 5.92 Å². The van der Waals surface area contributed by atoms with E-state index >= 15 is 0 Å². The summed E-state index contributed by atoms with van der Waals surface area (Å²) in [6, 6.07) is 0. The number of hydrogen-bond donors (Lipinski definition) is 0. The van der Waals surface area contributed by atoms with Gasteiger partial charge in [-0.2, -0.15) is 8.42 Å². The molecule has 0 aromatic rings. The van der Waals surface area contributed by atoms with Crippen LogP contribution in [0.5, 0.6) is 0 Å². The van der Waals surface area contributed by atoms with Crippen molar-refractivity contribution in [2.45, 2.75) is 13.3 Å². The molecule has 1 saturated heterocycles. The van der Waals surface area contributed by atoms with Crippen molar-refractivity contribution in [2.24, 2.45) is 5.92 Å². The molecule has 1 fully saturated rings. The average molecular weight is 150 g/mol. The third-order valence-corrected chi connectivity index (χ3v) is 2.88. The SMILES string of the molecule is CC[C@H]1COS(=O)(=O)C1. The lowest BCUT2D eigenvalue weighted by molar-refractivity contribution is 0.309. The van der Waals surface area contributed by atoms with Gasteiger partial charge in [0.25, 0.3) is 10.1 Å². The first-order chi connectivity index (χ1) is 4.14. The summed E-state index contributed by atoms with van der Waals surface area (Å²) in [5, 5.41) is 0. The highest BCUT2D eigenvalue weighted by Gasteiger charge is 2.26. The zero-order chi connectivity index (χ0) is 6.91. The van der Waals surface area contributed by atoms with E-state index in [1.165, 1.54) is 0 Å². The van der Waals surface area contributed by atoms with Crippen LogP contribution in [0.2, 0.25) is 0 Å². The predicted octanol–water partition coefficient (Wildman–Crippen LogP) is 0.373. The lowest BCUT2D eigenvalue weighted by Crippen LogP contribution is -2.03. The standard InChI is InChI=1S/C5H10O3S/c1-2-5-3-8-9(6,7)4-5/h5H,2-4H2,1H3/t5-/m0/s1. The Morgan fingerprint density at radius 1 is 1.67 bits per heavy atom. The first-order valence-electron chi connectivity index (χ1n) is 3.01. The third-order valence-electron chi connectivity index (χ3n) is 1.50. The van der Waals surface area contributed by atoms with Gasteiger partial charge < -0.3 is 0 Å². The second-order valence-corrected chi connectivity index (χ2v) is 3.97. The Morgan fingerprint density at radius 2 is 2.33 bits per heavy atom. The Bertz CT molecular complexity index is 182. The molecular formula is C5H10O3S. The summed E-state index contributed by atoms with van der Waals surface area (Å²) >= 11 is 0. The molecule has 0 N–H and O–H groups in total. The second-order valence-electron chi connectivity index (χ2n) is 2.28. The minimum absolute atomic E-state index is 0.212. The maximum Gasteiger partial charge on any atom is 0.267 e. The average Bonchev–Trinajstić information content (AvgIpc) is 2.10. The minimum atomic E-state index is -3.11. The molecule has 0 unspecified atom stereocenters. The van der Waals surface area contributed by atoms with Crippen molar-refractivity contribution in [3.8, 4) is 0 Å². The molecule has 0 bridgehead atoms. The molecule has 1 aliphatic heterocycles. The summed E-state index contributed by atoms with van der Waals surface area (Å²) in [7, 11) is -3.11. The van der Waals surface area contributed by atoms with Crippen molar-refractivity contribution in [1.29, 1.82) is 0 Å². The fraction of sp³-hybridized carbons (Fsp3) is 1.00. The van der Waals surface area contributed by atoms with E-state index in [9.17, 15) is 8.42 Å². The van der Waals surface area contributed by atoms with Crippen molar-refractivity contribution in [3.05, 3.63) is 0 Å². The van der Waals surface area contributed by atoms with E-state index in [2.05, 4.69) is 4.18 Å². The van der Waals surface area contributed by atoms with Gasteiger partial charge in [-0.3, -0.25) is 4.18 Å². The van der Waals surface area contributed by atoms with E-state index < -0.39 is 10.1 Å². The Kier molecular flexibility index (Phi) is 1.77. The van der Waals surface area contributed by atoms with E-state index in [-0.39, 0.29) is 11.7 Å². The maximum atomic E-state index is 10.6. The van der Waals surface area contributed by atoms with E-state index in [1.807, 2.05) is 6.92 Å². The molecule has 4 heteroatoms. The molecule has 54 valence electrons. The molecule has 0 saturated carbocycles. The van der Waals surface area contributed by atoms with Crippen molar-refractivity contribution >= 4 is 10.1 Å². The van der Waals surface area contributed by atoms with Gasteiger partial charge in [-0.1, -0.05) is 6.92 Å². The predicted molar refractivity (Wildman–Crippen MR) is 33.5 cm³/mol. The minimum Gasteiger partial charge on any atom is -0.270 e. The summed E-state index contributed by atoms with van der Waals surface area (Å²) in [6.07, 6.45) is 0.888. The van der Waals surface area contributed by atoms with Crippen LogP contribution in [0.1, 0.15) is 13.3 Å². The van der Waals surface area contributed by atoms with E-state index in [0.29, 0.717) is 6.61 Å². The van der Waals surface area contributed by atoms with Crippen LogP contribution in [0.4, 0.5) is 0 Å². The molecule has 0 radical (unpaired) electrons. The highest BCUT2D eigenvalue weighted by atomic mass is 32.2. The van der Waals surface area contributed by atoms with Crippen LogP contribution in [0.3, 0.4) is 0 Å². The Balaban J connectivity index is 2.58. The molecule has 0 amide bonds. The fourth-order valence-electron chi connectivity index (χ4n) is 0.820. The summed E-state index contributed by atoms with van der Waals surface area (Å²) in [5.41, 5.74) is 0. The van der Waals surface area contributed by atoms with Gasteiger partial charge in [-0.05, 0) is 12.3 Å². The van der Waals surface area contributed by atoms with E-state index in [1.54, 1.807) is 0 Å². The monoisotopic (exact) mass is 150 g/mol. The van der Waals surface area contributed by atoms with Crippen LogP contribution in [-0.4, -0.2) is 20.8 Å². The molecular weight excluding hydrogens is 140 g/mol. The smallest absolute Gasteiger partial charge is 0.267 e. The molecule has 3 nitrogen and oxygen atoms in total. The molecule has 0 spiro atoms. The Hall–Kier alpha value is -0.0900. The van der Waals surface area contributed by atoms with Crippen molar-refractivity contribution in [3.63, 3.8) is 0 Å². The highest BCUT2D eigenvalue weighted by Crippen LogP contribution is 2.16. The van der Waals surface area contributed by atoms with Crippen molar-refractivity contribution < 1.29 is 12.6 Å². The zero-order valence-electron chi connectivity index (χ0n) is 5.33. The lowest BCUT2D eigenvalue weighted by atomic mass is 10.1. The Labute approximate surface area is 55.1 Å². The highest BCUT2D eigenvalue weighted by molar-refractivity contribution is 7.86. The van der Waals surface area contributed by atoms with Gasteiger partial charge in [-0.15, -0.1) is 0 Å². The van der Waals surface area contributed by atoms with Gasteiger partial charge in [0, 0.05) is 0 Å². The van der Waals surface area contributed by atoms with Gasteiger partial charge >= 0.3 is 0 Å². The molecule has 1 rings (SSSR count). The molecule has 1 heterocycles. The second kappa shape index (κ2) is 2.27. The largest absolute Gasteiger partial charge is 0.270 e. The number of hydrogen-bond acceptors (Lipinski definition) is 3. The quantitative estimate of drug-likeness (QED) is 0.507. The number of rotatable bonds is 1. The molecule has 0 aliphatic carbocycles. The van der Waals surface area contributed by atoms with Gasteiger partial charge in [0.1, 0.15) is 0 Å². The van der Waals surface area contributed by atoms with Gasteiger partial charge in [-0.25, -0.2) is 0 Å². The van der Waals surface area contributed by atoms with Gasteiger partial charge in [0.15, 0.2) is 0 Å². The van der Waals surface area contributed by atoms with Crippen LogP contribution in [0.15, 0.2) is 0 Å². The van der Waals surface area contributed by atoms with Gasteiger partial charge in [0.2, 0.25) is 0 Å². The zero-order valence-corrected chi connectivity index (χ0v) is 6.15. The van der Waals surface area contributed by atoms with Crippen LogP contribution in [0.25, 0.3) is 0 Å². The fourth-order valence-corrected chi connectivity index (χ4v) is 2.23. The first-order valence-corrected chi connectivity index (χ1v) is 4.59. The van der Waals surface area contributed by atoms with Crippen LogP contribution < -0.4 is 0 Å². The molecule has 0 aromatic carbocycles. The maximum absolute atomic E-state index is 10.6. The Morgan fingerprint density at radius 3 is 2.56 bits per heavy atom. The molecule has 9 heavy (non-hydrogen) atoms. The summed E-state index contributed by atoms with van der Waals surface area (Å²) in [6.45, 7) is 2.35. The van der Waals surface area contributed by atoms with E-state index in [4.69, 9.17) is 0 Å². The molecule has 0 aromatic heterocycles. The van der Waals surface area contributed by atoms with Crippen LogP contribution >= 0.6 is 0 Å². The summed E-state index contributed by atoms with van der Waals surface area (Å²) < 4.78 is 25.7. The molecule has 1 atom stereocenters. The first kappa shape index (κ1) is 7.02. The third kappa shape index (κ3) is 1.66. The topological polar surface area (TPSA) is 43.4 Å². The lowest BCUT2D eigenvalue weighted by Gasteiger charge is -1.95.